The summed E-state index contributed by atoms with van der Waals surface area (Å²) in [5.74, 6) is 0. The van der Waals surface area contributed by atoms with Crippen molar-refractivity contribution in [2.45, 2.75) is 82.2 Å². The third kappa shape index (κ3) is 4.12. The molecule has 1 fully saturated rings. The minimum absolute atomic E-state index is 0.0483. The number of hydrogen-bond donors (Lipinski definition) is 4. The molecule has 3 unspecified atom stereocenters. The molecular formula is C13H26BO7P. The molecule has 7 atom stereocenters. The monoisotopic (exact) mass is 336 g/mol. The Balaban J connectivity index is 2.87. The van der Waals surface area contributed by atoms with Crippen molar-refractivity contribution in [2.75, 3.05) is 0 Å². The van der Waals surface area contributed by atoms with Crippen LogP contribution >= 0.6 is 7.60 Å². The van der Waals surface area contributed by atoms with E-state index in [1.165, 1.54) is 6.92 Å². The lowest BCUT2D eigenvalue weighted by Gasteiger charge is -2.37. The van der Waals surface area contributed by atoms with Gasteiger partial charge in [-0.25, -0.2) is 0 Å². The van der Waals surface area contributed by atoms with Crippen molar-refractivity contribution in [1.29, 1.82) is 0 Å². The molecule has 1 aliphatic heterocycles. The molecule has 2 radical (unpaired) electrons. The summed E-state index contributed by atoms with van der Waals surface area (Å²) in [5.41, 5.74) is -1.13. The van der Waals surface area contributed by atoms with Crippen LogP contribution in [0, 0.1) is 0 Å². The van der Waals surface area contributed by atoms with E-state index in [0.717, 1.165) is 0 Å². The zero-order valence-corrected chi connectivity index (χ0v) is 14.4. The summed E-state index contributed by atoms with van der Waals surface area (Å²) in [6.07, 6.45) is -2.79. The highest BCUT2D eigenvalue weighted by Crippen LogP contribution is 2.59. The molecule has 1 aliphatic rings. The molecule has 0 spiro atoms. The normalized spacial score (nSPS) is 37.3. The van der Waals surface area contributed by atoms with E-state index < -0.39 is 42.9 Å². The van der Waals surface area contributed by atoms with Crippen LogP contribution in [-0.2, 0) is 13.8 Å². The van der Waals surface area contributed by atoms with Crippen LogP contribution in [0.5, 0.6) is 0 Å². The molecule has 0 bridgehead atoms. The van der Waals surface area contributed by atoms with Crippen molar-refractivity contribution in [3.05, 3.63) is 0 Å². The first kappa shape index (κ1) is 20.1. The Morgan fingerprint density at radius 1 is 1.23 bits per heavy atom. The van der Waals surface area contributed by atoms with E-state index in [4.69, 9.17) is 17.1 Å². The molecule has 1 heterocycles. The van der Waals surface area contributed by atoms with Gasteiger partial charge >= 0.3 is 7.60 Å². The molecule has 7 nitrogen and oxygen atoms in total. The van der Waals surface area contributed by atoms with Gasteiger partial charge in [0.25, 0.3) is 0 Å². The second-order valence-electron chi connectivity index (χ2n) is 6.31. The summed E-state index contributed by atoms with van der Waals surface area (Å²) in [6.45, 7) is 6.16. The predicted molar refractivity (Wildman–Crippen MR) is 81.6 cm³/mol. The maximum atomic E-state index is 12.3. The molecule has 0 aromatic heterocycles. The largest absolute Gasteiger partial charge is 0.388 e. The molecular weight excluding hydrogens is 310 g/mol. The van der Waals surface area contributed by atoms with Gasteiger partial charge in [0.05, 0.1) is 17.8 Å². The third-order valence-electron chi connectivity index (χ3n) is 4.40. The van der Waals surface area contributed by atoms with E-state index in [9.17, 15) is 24.8 Å². The summed E-state index contributed by atoms with van der Waals surface area (Å²) in [6, 6.07) is -1.01. The van der Waals surface area contributed by atoms with E-state index in [1.54, 1.807) is 20.8 Å². The molecule has 0 aromatic carbocycles. The van der Waals surface area contributed by atoms with Crippen LogP contribution in [0.1, 0.15) is 47.0 Å². The van der Waals surface area contributed by atoms with Gasteiger partial charge in [-0.05, 0) is 26.7 Å². The van der Waals surface area contributed by atoms with Crippen molar-refractivity contribution in [2.24, 2.45) is 0 Å². The molecule has 22 heavy (non-hydrogen) atoms. The zero-order valence-electron chi connectivity index (χ0n) is 13.5. The standard InChI is InChI=1S/C13H26BO7P/c1-5-12(3,21-22(18,19)13(4,17)6-2)7-8-9(15)10(16)11(14)20-8/h8-11,15-17H,5-7H2,1-4H3,(H,18,19)/t8-,9?,10+,11-,12+,13?/m1/s1. The van der Waals surface area contributed by atoms with Gasteiger partial charge in [0, 0.05) is 12.4 Å². The number of rotatable bonds is 7. The van der Waals surface area contributed by atoms with Crippen LogP contribution in [0.25, 0.3) is 0 Å². The summed E-state index contributed by atoms with van der Waals surface area (Å²) >= 11 is 0. The molecule has 4 N–H and O–H groups in total. The fourth-order valence-corrected chi connectivity index (χ4v) is 3.61. The minimum atomic E-state index is -4.32. The van der Waals surface area contributed by atoms with Crippen molar-refractivity contribution < 1.29 is 34.0 Å². The van der Waals surface area contributed by atoms with Gasteiger partial charge in [0.2, 0.25) is 0 Å². The van der Waals surface area contributed by atoms with Gasteiger partial charge in [-0.2, -0.15) is 0 Å². The number of hydrogen-bond acceptors (Lipinski definition) is 6. The SMILES string of the molecule is [B][C@@H]1O[C@H](C[C@](C)(CC)OP(=O)(O)C(C)(O)CC)C(O)[C@@H]1O. The summed E-state index contributed by atoms with van der Waals surface area (Å²) in [4.78, 5) is 10.1. The van der Waals surface area contributed by atoms with E-state index >= 15 is 0 Å². The van der Waals surface area contributed by atoms with E-state index in [-0.39, 0.29) is 12.8 Å². The highest BCUT2D eigenvalue weighted by Gasteiger charge is 2.49. The molecule has 0 aliphatic carbocycles. The van der Waals surface area contributed by atoms with Crippen molar-refractivity contribution >= 4 is 15.4 Å². The van der Waals surface area contributed by atoms with Crippen LogP contribution in [-0.4, -0.2) is 63.3 Å². The molecule has 0 saturated carbocycles. The lowest BCUT2D eigenvalue weighted by atomic mass is 9.90. The molecule has 1 rings (SSSR count). The van der Waals surface area contributed by atoms with Gasteiger partial charge in [0.1, 0.15) is 14.0 Å². The Kier molecular flexibility index (Phi) is 6.30. The lowest BCUT2D eigenvalue weighted by Crippen LogP contribution is -2.40. The summed E-state index contributed by atoms with van der Waals surface area (Å²) < 4.78 is 23.0. The second kappa shape index (κ2) is 6.89. The number of aliphatic hydroxyl groups is 3. The smallest absolute Gasteiger partial charge is 0.359 e. The Hall–Kier alpha value is 0.0549. The van der Waals surface area contributed by atoms with Crippen LogP contribution < -0.4 is 0 Å². The van der Waals surface area contributed by atoms with E-state index in [0.29, 0.717) is 6.42 Å². The van der Waals surface area contributed by atoms with Crippen LogP contribution in [0.3, 0.4) is 0 Å². The van der Waals surface area contributed by atoms with Crippen molar-refractivity contribution in [1.82, 2.24) is 0 Å². The number of aliphatic hydroxyl groups excluding tert-OH is 2. The Labute approximate surface area is 132 Å². The Morgan fingerprint density at radius 3 is 2.14 bits per heavy atom. The van der Waals surface area contributed by atoms with Gasteiger partial charge in [-0.3, -0.25) is 4.57 Å². The van der Waals surface area contributed by atoms with Crippen molar-refractivity contribution in [3.63, 3.8) is 0 Å². The third-order valence-corrected chi connectivity index (χ3v) is 6.62. The van der Waals surface area contributed by atoms with Crippen molar-refractivity contribution in [3.8, 4) is 0 Å². The Bertz CT molecular complexity index is 433. The highest BCUT2D eigenvalue weighted by molar-refractivity contribution is 7.54. The summed E-state index contributed by atoms with van der Waals surface area (Å²) in [5, 5.41) is 27.7. The van der Waals surface area contributed by atoms with Gasteiger partial charge in [-0.1, -0.05) is 13.8 Å². The molecule has 128 valence electrons. The minimum Gasteiger partial charge on any atom is -0.388 e. The zero-order chi connectivity index (χ0) is 17.3. The Morgan fingerprint density at radius 2 is 1.77 bits per heavy atom. The molecule has 1 saturated heterocycles. The molecule has 9 heteroatoms. The average Bonchev–Trinajstić information content (AvgIpc) is 2.65. The van der Waals surface area contributed by atoms with E-state index in [1.807, 2.05) is 0 Å². The fraction of sp³-hybridized carbons (Fsp3) is 1.00. The lowest BCUT2D eigenvalue weighted by molar-refractivity contribution is -0.0444. The highest BCUT2D eigenvalue weighted by atomic mass is 31.2. The average molecular weight is 336 g/mol. The predicted octanol–water partition coefficient (Wildman–Crippen LogP) is 0.481. The van der Waals surface area contributed by atoms with Crippen LogP contribution in [0.4, 0.5) is 0 Å². The first-order chi connectivity index (χ1) is 9.89. The second-order valence-corrected chi connectivity index (χ2v) is 8.50. The van der Waals surface area contributed by atoms with Gasteiger partial charge < -0.3 is 29.5 Å². The topological polar surface area (TPSA) is 116 Å². The molecule has 0 aromatic rings. The fourth-order valence-electron chi connectivity index (χ4n) is 2.21. The first-order valence-electron chi connectivity index (χ1n) is 7.42. The van der Waals surface area contributed by atoms with Gasteiger partial charge in [0.15, 0.2) is 5.34 Å². The quantitative estimate of drug-likeness (QED) is 0.395. The van der Waals surface area contributed by atoms with E-state index in [2.05, 4.69) is 0 Å². The maximum absolute atomic E-state index is 12.3. The number of ether oxygens (including phenoxy) is 1. The van der Waals surface area contributed by atoms with Gasteiger partial charge in [-0.15, -0.1) is 0 Å². The van der Waals surface area contributed by atoms with Crippen LogP contribution in [0.15, 0.2) is 0 Å². The first-order valence-corrected chi connectivity index (χ1v) is 9.00. The molecule has 0 amide bonds. The maximum Gasteiger partial charge on any atom is 0.359 e. The van der Waals surface area contributed by atoms with Crippen LogP contribution in [0.2, 0.25) is 0 Å². The summed E-state index contributed by atoms with van der Waals surface area (Å²) in [7, 11) is 1.20.